The molecule has 30 heavy (non-hydrogen) atoms. The van der Waals surface area contributed by atoms with Gasteiger partial charge in [-0.2, -0.15) is 0 Å². The van der Waals surface area contributed by atoms with Crippen molar-refractivity contribution in [2.45, 2.75) is 20.8 Å². The molecule has 0 unspecified atom stereocenters. The summed E-state index contributed by atoms with van der Waals surface area (Å²) in [5.74, 6) is -0.650. The fourth-order valence-corrected chi connectivity index (χ4v) is 2.94. The summed E-state index contributed by atoms with van der Waals surface area (Å²) in [6, 6.07) is 5.14. The van der Waals surface area contributed by atoms with Crippen LogP contribution in [0.4, 0.5) is 0 Å². The molecule has 160 valence electrons. The average molecular weight is 415 g/mol. The van der Waals surface area contributed by atoms with Gasteiger partial charge >= 0.3 is 11.9 Å². The predicted octanol–water partition coefficient (Wildman–Crippen LogP) is 3.26. The summed E-state index contributed by atoms with van der Waals surface area (Å²) in [7, 11) is 3.05. The molecule has 2 aromatic rings. The summed E-state index contributed by atoms with van der Waals surface area (Å²) in [4.78, 5) is 39.8. The molecule has 0 atom stereocenters. The molecule has 1 heterocycles. The fraction of sp³-hybridized carbons (Fsp3) is 0.318. The quantitative estimate of drug-likeness (QED) is 0.381. The number of nitrogens with one attached hydrogen (secondary N) is 1. The number of aromatic amines is 1. The first-order valence-electron chi connectivity index (χ1n) is 9.28. The molecule has 0 saturated heterocycles. The van der Waals surface area contributed by atoms with Crippen molar-refractivity contribution >= 4 is 23.8 Å². The van der Waals surface area contributed by atoms with Gasteiger partial charge in [0, 0.05) is 23.5 Å². The maximum Gasteiger partial charge on any atom is 0.340 e. The van der Waals surface area contributed by atoms with Crippen LogP contribution in [0.15, 0.2) is 24.3 Å². The number of ketones is 1. The van der Waals surface area contributed by atoms with E-state index in [4.69, 9.17) is 18.9 Å². The van der Waals surface area contributed by atoms with Crippen LogP contribution in [0.3, 0.4) is 0 Å². The molecule has 0 radical (unpaired) electrons. The largest absolute Gasteiger partial charge is 0.497 e. The van der Waals surface area contributed by atoms with Crippen LogP contribution in [0.2, 0.25) is 0 Å². The van der Waals surface area contributed by atoms with Crippen LogP contribution in [-0.4, -0.2) is 50.1 Å². The Balaban J connectivity index is 2.08. The van der Waals surface area contributed by atoms with Crippen molar-refractivity contribution in [1.82, 2.24) is 4.98 Å². The maximum absolute atomic E-state index is 12.6. The minimum atomic E-state index is -0.701. The van der Waals surface area contributed by atoms with Gasteiger partial charge < -0.3 is 23.9 Å². The van der Waals surface area contributed by atoms with Crippen LogP contribution in [0, 0.1) is 13.8 Å². The van der Waals surface area contributed by atoms with Crippen LogP contribution >= 0.6 is 0 Å². The summed E-state index contributed by atoms with van der Waals surface area (Å²) in [6.07, 6.45) is 2.72. The number of H-pyrrole nitrogens is 1. The predicted molar refractivity (Wildman–Crippen MR) is 110 cm³/mol. The van der Waals surface area contributed by atoms with Gasteiger partial charge in [-0.25, -0.2) is 9.59 Å². The van der Waals surface area contributed by atoms with Crippen LogP contribution in [0.1, 0.15) is 44.6 Å². The number of hydrogen-bond donors (Lipinski definition) is 1. The molecule has 8 heteroatoms. The summed E-state index contributed by atoms with van der Waals surface area (Å²) in [5.41, 5.74) is 2.02. The van der Waals surface area contributed by atoms with Gasteiger partial charge in [0.2, 0.25) is 5.78 Å². The zero-order valence-corrected chi connectivity index (χ0v) is 17.7. The number of carbonyl (C=O) groups is 3. The Bertz CT molecular complexity index is 950. The Hall–Kier alpha value is -3.55. The van der Waals surface area contributed by atoms with E-state index in [1.165, 1.54) is 26.4 Å². The molecule has 1 N–H and O–H groups in total. The second-order valence-corrected chi connectivity index (χ2v) is 6.36. The van der Waals surface area contributed by atoms with E-state index >= 15 is 0 Å². The van der Waals surface area contributed by atoms with Gasteiger partial charge in [-0.05, 0) is 44.5 Å². The first kappa shape index (κ1) is 22.7. The number of carbonyl (C=O) groups excluding carboxylic acids is 3. The highest BCUT2D eigenvalue weighted by atomic mass is 16.5. The molecule has 8 nitrogen and oxygen atoms in total. The molecular formula is C22H25NO7. The van der Waals surface area contributed by atoms with Gasteiger partial charge in [0.1, 0.15) is 11.5 Å². The summed E-state index contributed by atoms with van der Waals surface area (Å²) >= 11 is 0. The van der Waals surface area contributed by atoms with Crippen molar-refractivity contribution in [2.75, 3.05) is 27.4 Å². The van der Waals surface area contributed by atoms with Crippen molar-refractivity contribution in [3.8, 4) is 11.5 Å². The lowest BCUT2D eigenvalue weighted by molar-refractivity contribution is -0.136. The van der Waals surface area contributed by atoms with Gasteiger partial charge in [0.15, 0.2) is 6.61 Å². The van der Waals surface area contributed by atoms with E-state index in [0.717, 1.165) is 0 Å². The first-order chi connectivity index (χ1) is 14.3. The monoisotopic (exact) mass is 415 g/mol. The number of benzene rings is 1. The molecular weight excluding hydrogens is 390 g/mol. The third kappa shape index (κ3) is 5.50. The SMILES string of the molecule is CCOC(=O)c1c(C)[nH]c(C)c1C(=O)COC(=O)/C=C/c1cc(OC)cc(OC)c1. The smallest absolute Gasteiger partial charge is 0.340 e. The highest BCUT2D eigenvalue weighted by molar-refractivity contribution is 6.09. The lowest BCUT2D eigenvalue weighted by Gasteiger charge is -2.07. The van der Waals surface area contributed by atoms with Gasteiger partial charge in [-0.1, -0.05) is 0 Å². The van der Waals surface area contributed by atoms with E-state index in [1.54, 1.807) is 39.0 Å². The van der Waals surface area contributed by atoms with Crippen molar-refractivity contribution in [3.05, 3.63) is 52.4 Å². The first-order valence-corrected chi connectivity index (χ1v) is 9.28. The average Bonchev–Trinajstić information content (AvgIpc) is 3.04. The third-order valence-electron chi connectivity index (χ3n) is 4.26. The highest BCUT2D eigenvalue weighted by Crippen LogP contribution is 2.23. The van der Waals surface area contributed by atoms with Crippen LogP contribution < -0.4 is 9.47 Å². The van der Waals surface area contributed by atoms with Crippen molar-refractivity contribution in [1.29, 1.82) is 0 Å². The van der Waals surface area contributed by atoms with E-state index in [2.05, 4.69) is 4.98 Å². The Morgan fingerprint density at radius 2 is 1.53 bits per heavy atom. The highest BCUT2D eigenvalue weighted by Gasteiger charge is 2.25. The molecule has 1 aromatic carbocycles. The van der Waals surface area contributed by atoms with E-state index < -0.39 is 24.3 Å². The maximum atomic E-state index is 12.6. The number of ether oxygens (including phenoxy) is 4. The number of methoxy groups -OCH3 is 2. The molecule has 0 fully saturated rings. The minimum Gasteiger partial charge on any atom is -0.497 e. The number of Topliss-reactive ketones (excluding diaryl/α,β-unsaturated/α-hetero) is 1. The topological polar surface area (TPSA) is 104 Å². The van der Waals surface area contributed by atoms with Crippen LogP contribution in [0.5, 0.6) is 11.5 Å². The minimum absolute atomic E-state index is 0.161. The lowest BCUT2D eigenvalue weighted by atomic mass is 10.1. The molecule has 2 rings (SSSR count). The number of rotatable bonds is 9. The Morgan fingerprint density at radius 1 is 0.933 bits per heavy atom. The molecule has 0 amide bonds. The standard InChI is InChI=1S/C22H25NO7/c1-6-29-22(26)21-14(3)23-13(2)20(21)18(24)12-30-19(25)8-7-15-9-16(27-4)11-17(10-15)28-5/h7-11,23H,6,12H2,1-5H3/b8-7+. The molecule has 0 saturated carbocycles. The van der Waals surface area contributed by atoms with E-state index in [9.17, 15) is 14.4 Å². The molecule has 0 spiro atoms. The number of hydrogen-bond acceptors (Lipinski definition) is 7. The van der Waals surface area contributed by atoms with E-state index in [-0.39, 0.29) is 17.7 Å². The molecule has 0 aliphatic heterocycles. The zero-order valence-electron chi connectivity index (χ0n) is 17.7. The van der Waals surface area contributed by atoms with Crippen LogP contribution in [-0.2, 0) is 14.3 Å². The number of aromatic nitrogens is 1. The second-order valence-electron chi connectivity index (χ2n) is 6.36. The second kappa shape index (κ2) is 10.3. The van der Waals surface area contributed by atoms with E-state index in [0.29, 0.717) is 28.5 Å². The van der Waals surface area contributed by atoms with E-state index in [1.807, 2.05) is 0 Å². The Labute approximate surface area is 174 Å². The van der Waals surface area contributed by atoms with Crippen LogP contribution in [0.25, 0.3) is 6.08 Å². The van der Waals surface area contributed by atoms with Gasteiger partial charge in [-0.3, -0.25) is 4.79 Å². The Morgan fingerprint density at radius 3 is 2.10 bits per heavy atom. The lowest BCUT2D eigenvalue weighted by Crippen LogP contribution is -2.17. The third-order valence-corrected chi connectivity index (χ3v) is 4.26. The van der Waals surface area contributed by atoms with Gasteiger partial charge in [-0.15, -0.1) is 0 Å². The molecule has 0 bridgehead atoms. The van der Waals surface area contributed by atoms with Gasteiger partial charge in [0.05, 0.1) is 32.0 Å². The summed E-state index contributed by atoms with van der Waals surface area (Å²) in [6.45, 7) is 4.70. The number of aryl methyl sites for hydroxylation is 2. The van der Waals surface area contributed by atoms with Crippen molar-refractivity contribution < 1.29 is 33.3 Å². The molecule has 0 aliphatic carbocycles. The zero-order chi connectivity index (χ0) is 22.3. The van der Waals surface area contributed by atoms with Crippen molar-refractivity contribution in [3.63, 3.8) is 0 Å². The molecule has 1 aromatic heterocycles. The van der Waals surface area contributed by atoms with Gasteiger partial charge in [0.25, 0.3) is 0 Å². The Kier molecular flexibility index (Phi) is 7.80. The molecule has 0 aliphatic rings. The normalized spacial score (nSPS) is 10.7. The summed E-state index contributed by atoms with van der Waals surface area (Å²) in [5, 5.41) is 0. The number of esters is 2. The fourth-order valence-electron chi connectivity index (χ4n) is 2.94. The van der Waals surface area contributed by atoms with Crippen molar-refractivity contribution in [2.24, 2.45) is 0 Å². The summed E-state index contributed by atoms with van der Waals surface area (Å²) < 4.78 is 20.4.